The third-order valence-electron chi connectivity index (χ3n) is 6.22. The van der Waals surface area contributed by atoms with Gasteiger partial charge in [-0.1, -0.05) is 23.7 Å². The van der Waals surface area contributed by atoms with Crippen LogP contribution >= 0.6 is 11.6 Å². The molecule has 0 amide bonds. The van der Waals surface area contributed by atoms with E-state index in [9.17, 15) is 4.79 Å². The number of para-hydroxylation sites is 1. The van der Waals surface area contributed by atoms with Gasteiger partial charge in [-0.05, 0) is 44.9 Å². The molecule has 29 heavy (non-hydrogen) atoms. The molecule has 2 saturated heterocycles. The molecular formula is C23H30ClN3O2. The third-order valence-corrected chi connectivity index (χ3v) is 6.54. The van der Waals surface area contributed by atoms with Gasteiger partial charge in [0.1, 0.15) is 0 Å². The van der Waals surface area contributed by atoms with Gasteiger partial charge in [-0.2, -0.15) is 0 Å². The van der Waals surface area contributed by atoms with Gasteiger partial charge in [0.25, 0.3) is 0 Å². The number of halogens is 1. The number of Topliss-reactive ketones (excluding diaryl/α,β-unsaturated/α-hetero) is 1. The molecule has 5 nitrogen and oxygen atoms in total. The number of aromatic nitrogens is 1. The Labute approximate surface area is 178 Å². The van der Waals surface area contributed by atoms with Crippen molar-refractivity contribution in [2.24, 2.45) is 0 Å². The lowest BCUT2D eigenvalue weighted by molar-refractivity contribution is 0.0918. The van der Waals surface area contributed by atoms with Gasteiger partial charge >= 0.3 is 0 Å². The lowest BCUT2D eigenvalue weighted by Gasteiger charge is -2.36. The molecule has 0 unspecified atom stereocenters. The van der Waals surface area contributed by atoms with Gasteiger partial charge in [-0.3, -0.25) is 9.69 Å². The number of hydrogen-bond donors (Lipinski definition) is 0. The molecule has 0 spiro atoms. The second-order valence-electron chi connectivity index (χ2n) is 8.17. The van der Waals surface area contributed by atoms with Crippen molar-refractivity contribution in [3.8, 4) is 0 Å². The van der Waals surface area contributed by atoms with Gasteiger partial charge in [0.05, 0.1) is 23.4 Å². The number of piperazine rings is 1. The van der Waals surface area contributed by atoms with E-state index in [2.05, 4.69) is 34.3 Å². The van der Waals surface area contributed by atoms with E-state index in [-0.39, 0.29) is 11.9 Å². The van der Waals surface area contributed by atoms with Gasteiger partial charge in [-0.15, -0.1) is 0 Å². The molecule has 0 aliphatic carbocycles. The summed E-state index contributed by atoms with van der Waals surface area (Å²) in [6, 6.07) is 10.0. The quantitative estimate of drug-likeness (QED) is 0.670. The molecule has 2 fully saturated rings. The number of rotatable bonds is 6. The van der Waals surface area contributed by atoms with Crippen LogP contribution in [0.1, 0.15) is 34.6 Å². The molecular weight excluding hydrogens is 386 g/mol. The maximum absolute atomic E-state index is 13.0. The Bertz CT molecular complexity index is 865. The van der Waals surface area contributed by atoms with Gasteiger partial charge in [0.2, 0.25) is 0 Å². The van der Waals surface area contributed by atoms with Crippen molar-refractivity contribution in [2.45, 2.75) is 39.3 Å². The standard InChI is InChI=1S/C23H30ClN3O2/c1-17-14-20(18(2)27(17)15-19-6-5-13-29-19)23(28)16-25-9-11-26(12-10-25)22-8-4-3-7-21(22)24/h3-4,7-8,14,19H,5-6,9-13,15-16H2,1-2H3/t19-/m0/s1. The number of benzene rings is 1. The largest absolute Gasteiger partial charge is 0.376 e. The summed E-state index contributed by atoms with van der Waals surface area (Å²) < 4.78 is 8.03. The minimum absolute atomic E-state index is 0.211. The second kappa shape index (κ2) is 8.90. The average Bonchev–Trinajstić information content (AvgIpc) is 3.33. The van der Waals surface area contributed by atoms with E-state index >= 15 is 0 Å². The zero-order valence-corrected chi connectivity index (χ0v) is 18.1. The molecule has 0 N–H and O–H groups in total. The average molecular weight is 416 g/mol. The Balaban J connectivity index is 1.36. The molecule has 1 atom stereocenters. The van der Waals surface area contributed by atoms with Crippen LogP contribution in [0.2, 0.25) is 5.02 Å². The fourth-order valence-corrected chi connectivity index (χ4v) is 4.75. The number of hydrogen-bond acceptors (Lipinski definition) is 4. The monoisotopic (exact) mass is 415 g/mol. The lowest BCUT2D eigenvalue weighted by Crippen LogP contribution is -2.48. The maximum atomic E-state index is 13.0. The molecule has 4 rings (SSSR count). The predicted molar refractivity (Wildman–Crippen MR) is 117 cm³/mol. The summed E-state index contributed by atoms with van der Waals surface area (Å²) in [6.45, 7) is 9.82. The highest BCUT2D eigenvalue weighted by molar-refractivity contribution is 6.33. The number of aryl methyl sites for hydroxylation is 1. The molecule has 2 aromatic rings. The first-order valence-corrected chi connectivity index (χ1v) is 10.9. The molecule has 156 valence electrons. The summed E-state index contributed by atoms with van der Waals surface area (Å²) >= 11 is 6.33. The summed E-state index contributed by atoms with van der Waals surface area (Å²) in [5, 5.41) is 0.788. The zero-order valence-electron chi connectivity index (χ0n) is 17.4. The second-order valence-corrected chi connectivity index (χ2v) is 8.58. The van der Waals surface area contributed by atoms with Crippen LogP contribution in [-0.4, -0.2) is 60.7 Å². The minimum atomic E-state index is 0.211. The molecule has 0 radical (unpaired) electrons. The van der Waals surface area contributed by atoms with Crippen LogP contribution in [0.25, 0.3) is 0 Å². The molecule has 2 aliphatic heterocycles. The molecule has 3 heterocycles. The zero-order chi connectivity index (χ0) is 20.4. The van der Waals surface area contributed by atoms with E-state index < -0.39 is 0 Å². The molecule has 1 aromatic heterocycles. The van der Waals surface area contributed by atoms with Gasteiger partial charge in [0.15, 0.2) is 5.78 Å². The Morgan fingerprint density at radius 1 is 1.17 bits per heavy atom. The van der Waals surface area contributed by atoms with E-state index in [0.29, 0.717) is 6.54 Å². The summed E-state index contributed by atoms with van der Waals surface area (Å²) in [7, 11) is 0. The molecule has 1 aromatic carbocycles. The predicted octanol–water partition coefficient (Wildman–Crippen LogP) is 3.94. The first kappa shape index (κ1) is 20.5. The van der Waals surface area contributed by atoms with Crippen LogP contribution in [0.5, 0.6) is 0 Å². The normalized spacial score (nSPS) is 20.4. The number of ketones is 1. The van der Waals surface area contributed by atoms with Crippen molar-refractivity contribution in [1.82, 2.24) is 9.47 Å². The van der Waals surface area contributed by atoms with Crippen molar-refractivity contribution < 1.29 is 9.53 Å². The Morgan fingerprint density at radius 2 is 1.93 bits per heavy atom. The smallest absolute Gasteiger partial charge is 0.178 e. The van der Waals surface area contributed by atoms with Crippen LogP contribution < -0.4 is 4.90 Å². The van der Waals surface area contributed by atoms with Gasteiger partial charge in [0, 0.05) is 56.3 Å². The minimum Gasteiger partial charge on any atom is -0.376 e. The van der Waals surface area contributed by atoms with E-state index in [1.54, 1.807) is 0 Å². The number of anilines is 1. The summed E-state index contributed by atoms with van der Waals surface area (Å²) in [6.07, 6.45) is 2.52. The molecule has 2 aliphatic rings. The van der Waals surface area contributed by atoms with Crippen LogP contribution in [0.3, 0.4) is 0 Å². The maximum Gasteiger partial charge on any atom is 0.178 e. The van der Waals surface area contributed by atoms with E-state index in [1.807, 2.05) is 24.3 Å². The number of ether oxygens (including phenoxy) is 1. The van der Waals surface area contributed by atoms with Crippen LogP contribution in [0, 0.1) is 13.8 Å². The fraction of sp³-hybridized carbons (Fsp3) is 0.522. The van der Waals surface area contributed by atoms with Crippen molar-refractivity contribution in [3.05, 3.63) is 52.3 Å². The van der Waals surface area contributed by atoms with Crippen LogP contribution in [0.4, 0.5) is 5.69 Å². The van der Waals surface area contributed by atoms with Crippen molar-refractivity contribution in [1.29, 1.82) is 0 Å². The van der Waals surface area contributed by atoms with Crippen molar-refractivity contribution in [3.63, 3.8) is 0 Å². The van der Waals surface area contributed by atoms with E-state index in [1.165, 1.54) is 0 Å². The summed E-state index contributed by atoms with van der Waals surface area (Å²) in [5.41, 5.74) is 4.15. The highest BCUT2D eigenvalue weighted by atomic mass is 35.5. The first-order chi connectivity index (χ1) is 14.0. The third kappa shape index (κ3) is 4.52. The van der Waals surface area contributed by atoms with Gasteiger partial charge in [-0.25, -0.2) is 0 Å². The summed E-state index contributed by atoms with van der Waals surface area (Å²) in [4.78, 5) is 17.6. The van der Waals surface area contributed by atoms with Crippen LogP contribution in [-0.2, 0) is 11.3 Å². The molecule has 6 heteroatoms. The SMILES string of the molecule is Cc1cc(C(=O)CN2CCN(c3ccccc3Cl)CC2)c(C)n1C[C@@H]1CCCO1. The number of carbonyl (C=O) groups is 1. The van der Waals surface area contributed by atoms with Crippen LogP contribution in [0.15, 0.2) is 30.3 Å². The Hall–Kier alpha value is -1.82. The van der Waals surface area contributed by atoms with Gasteiger partial charge < -0.3 is 14.2 Å². The Kier molecular flexibility index (Phi) is 6.28. The Morgan fingerprint density at radius 3 is 2.62 bits per heavy atom. The summed E-state index contributed by atoms with van der Waals surface area (Å²) in [5.74, 6) is 0.211. The number of carbonyl (C=O) groups excluding carboxylic acids is 1. The first-order valence-electron chi connectivity index (χ1n) is 10.6. The molecule has 0 bridgehead atoms. The topological polar surface area (TPSA) is 37.7 Å². The highest BCUT2D eigenvalue weighted by Crippen LogP contribution is 2.26. The van der Waals surface area contributed by atoms with Crippen molar-refractivity contribution in [2.75, 3.05) is 44.2 Å². The number of nitrogens with zero attached hydrogens (tertiary/aromatic N) is 3. The van der Waals surface area contributed by atoms with E-state index in [0.717, 1.165) is 79.8 Å². The lowest BCUT2D eigenvalue weighted by atomic mass is 10.1. The van der Waals surface area contributed by atoms with E-state index in [4.69, 9.17) is 16.3 Å². The van der Waals surface area contributed by atoms with Crippen molar-refractivity contribution >= 4 is 23.1 Å². The fourth-order valence-electron chi connectivity index (χ4n) is 4.50. The highest BCUT2D eigenvalue weighted by Gasteiger charge is 2.24. The molecule has 0 saturated carbocycles.